The molecule has 0 aliphatic carbocycles. The average Bonchev–Trinajstić information content (AvgIpc) is 3.13. The Balaban J connectivity index is 2.17. The summed E-state index contributed by atoms with van der Waals surface area (Å²) in [4.78, 5) is 25.9. The van der Waals surface area contributed by atoms with Gasteiger partial charge in [-0.15, -0.1) is 13.2 Å². The first-order valence-corrected chi connectivity index (χ1v) is 13.0. The number of hydrogen-bond acceptors (Lipinski definition) is 10. The van der Waals surface area contributed by atoms with Crippen molar-refractivity contribution in [2.75, 3.05) is 39.5 Å². The molecule has 1 aliphatic heterocycles. The molecule has 0 bridgehead atoms. The van der Waals surface area contributed by atoms with E-state index in [1.165, 1.54) is 6.20 Å². The van der Waals surface area contributed by atoms with Gasteiger partial charge in [-0.25, -0.2) is 9.46 Å². The van der Waals surface area contributed by atoms with Crippen LogP contribution >= 0.6 is 8.53 Å². The van der Waals surface area contributed by atoms with E-state index >= 15 is 0 Å². The second-order valence-electron chi connectivity index (χ2n) is 8.02. The molecule has 1 aromatic rings. The highest BCUT2D eigenvalue weighted by Gasteiger charge is 2.45. The van der Waals surface area contributed by atoms with Crippen LogP contribution in [0, 0.1) is 11.3 Å². The molecule has 16 heteroatoms. The number of nitriles is 1. The zero-order chi connectivity index (χ0) is 27.4. The van der Waals surface area contributed by atoms with E-state index < -0.39 is 63.8 Å². The number of halogens is 3. The number of nitrogens with zero attached hydrogens (tertiary/aromatic N) is 3. The lowest BCUT2D eigenvalue weighted by Crippen LogP contribution is -2.45. The molecule has 12 nitrogen and oxygen atoms in total. The Labute approximate surface area is 213 Å². The van der Waals surface area contributed by atoms with Crippen molar-refractivity contribution in [2.24, 2.45) is 5.73 Å². The van der Waals surface area contributed by atoms with E-state index in [2.05, 4.69) is 9.72 Å². The third-order valence-corrected chi connectivity index (χ3v) is 6.78. The van der Waals surface area contributed by atoms with E-state index in [1.54, 1.807) is 0 Å². The molecule has 0 saturated carbocycles. The molecule has 0 aromatic carbocycles. The van der Waals surface area contributed by atoms with Gasteiger partial charge in [-0.05, 0) is 12.8 Å². The van der Waals surface area contributed by atoms with E-state index in [0.29, 0.717) is 13.1 Å². The average molecular weight is 555 g/mol. The number of alkyl halides is 3. The maximum absolute atomic E-state index is 12.4. The molecule has 1 fully saturated rings. The molecule has 0 spiro atoms. The molecule has 37 heavy (non-hydrogen) atoms. The first kappa shape index (κ1) is 31.3. The lowest BCUT2D eigenvalue weighted by Gasteiger charge is -2.30. The van der Waals surface area contributed by atoms with E-state index in [9.17, 15) is 22.8 Å². The fourth-order valence-electron chi connectivity index (χ4n) is 3.58. The molecular weight excluding hydrogens is 522 g/mol. The Morgan fingerprint density at radius 1 is 1.22 bits per heavy atom. The maximum atomic E-state index is 12.4. The molecule has 5 atom stereocenters. The van der Waals surface area contributed by atoms with Crippen molar-refractivity contribution in [1.82, 2.24) is 14.2 Å². The van der Waals surface area contributed by atoms with Crippen molar-refractivity contribution < 1.29 is 36.4 Å². The number of nitrogens with one attached hydrogen (secondary N) is 1. The van der Waals surface area contributed by atoms with Crippen LogP contribution in [0.2, 0.25) is 0 Å². The Morgan fingerprint density at radius 2 is 1.92 bits per heavy atom. The Hall–Kier alpha value is -1.89. The number of aromatic nitrogens is 2. The largest absolute Gasteiger partial charge is 0.522 e. The van der Waals surface area contributed by atoms with Crippen LogP contribution in [-0.2, 0) is 23.3 Å². The summed E-state index contributed by atoms with van der Waals surface area (Å²) in [5.74, 6) is 0. The second kappa shape index (κ2) is 15.5. The molecule has 0 radical (unpaired) electrons. The van der Waals surface area contributed by atoms with E-state index in [0.717, 1.165) is 23.5 Å². The predicted octanol–water partition coefficient (Wildman–Crippen LogP) is 1.98. The van der Waals surface area contributed by atoms with Crippen molar-refractivity contribution in [3.63, 3.8) is 0 Å². The van der Waals surface area contributed by atoms with Gasteiger partial charge < -0.3 is 24.3 Å². The number of H-pyrrole nitrogens is 1. The molecule has 3 N–H and O–H groups in total. The summed E-state index contributed by atoms with van der Waals surface area (Å²) in [5.41, 5.74) is 4.90. The summed E-state index contributed by atoms with van der Waals surface area (Å²) in [5, 5.41) is 8.85. The van der Waals surface area contributed by atoms with Gasteiger partial charge in [0.15, 0.2) is 6.23 Å². The standard InChI is InChI=1S/C21H33F3N5O7P/c1-3-8-28(9-4-2)37(34-11-5-7-25)35-14-15-17(26)18(32-12-13-33-21(22,23)24)19(36-15)29-10-6-16(30)27-20(29)31/h6,10,15,17-19H,3-5,8-9,11-14,26H2,1-2H3,(H,27,30,31)/t15-,17-,18-,19-,37?/m1/s1. The number of nitrogens with two attached hydrogens (primary N) is 1. The van der Waals surface area contributed by atoms with Crippen molar-refractivity contribution >= 4 is 8.53 Å². The first-order chi connectivity index (χ1) is 17.6. The highest BCUT2D eigenvalue weighted by atomic mass is 31.2. The summed E-state index contributed by atoms with van der Waals surface area (Å²) in [7, 11) is -1.56. The molecule has 2 rings (SSSR count). The molecule has 1 aliphatic rings. The minimum Gasteiger partial charge on any atom is -0.369 e. The van der Waals surface area contributed by atoms with Gasteiger partial charge in [0.25, 0.3) is 14.1 Å². The Morgan fingerprint density at radius 3 is 2.51 bits per heavy atom. The summed E-state index contributed by atoms with van der Waals surface area (Å²) >= 11 is 0. The second-order valence-corrected chi connectivity index (χ2v) is 9.58. The topological polar surface area (TPSA) is 154 Å². The maximum Gasteiger partial charge on any atom is 0.522 e. The van der Waals surface area contributed by atoms with Crippen molar-refractivity contribution in [3.05, 3.63) is 33.1 Å². The lowest BCUT2D eigenvalue weighted by atomic mass is 10.1. The Kier molecular flexibility index (Phi) is 13.1. The minimum absolute atomic E-state index is 0.0726. The smallest absolute Gasteiger partial charge is 0.369 e. The van der Waals surface area contributed by atoms with Crippen molar-refractivity contribution in [3.8, 4) is 6.07 Å². The predicted molar refractivity (Wildman–Crippen MR) is 126 cm³/mol. The van der Waals surface area contributed by atoms with Crippen molar-refractivity contribution in [2.45, 2.75) is 63.9 Å². The zero-order valence-corrected chi connectivity index (χ0v) is 21.6. The SMILES string of the molecule is CCCN(CCC)P(OCCC#N)OC[C@H]1O[C@@H](n2ccc(=O)[nH]c2=O)[C@H](OCCOC(F)(F)F)[C@@H]1N. The number of rotatable bonds is 16. The van der Waals surface area contributed by atoms with E-state index in [4.69, 9.17) is 29.5 Å². The van der Waals surface area contributed by atoms with Crippen LogP contribution in [0.25, 0.3) is 0 Å². The quantitative estimate of drug-likeness (QED) is 0.229. The van der Waals surface area contributed by atoms with Gasteiger partial charge in [0.2, 0.25) is 0 Å². The van der Waals surface area contributed by atoms with Crippen LogP contribution in [-0.4, -0.2) is 78.4 Å². The normalized spacial score (nSPS) is 22.9. The highest BCUT2D eigenvalue weighted by Crippen LogP contribution is 2.44. The molecule has 1 aromatic heterocycles. The lowest BCUT2D eigenvalue weighted by molar-refractivity contribution is -0.327. The van der Waals surface area contributed by atoms with Crippen LogP contribution in [0.3, 0.4) is 0 Å². The summed E-state index contributed by atoms with van der Waals surface area (Å²) in [6.07, 6.45) is -4.80. The van der Waals surface area contributed by atoms with E-state index in [-0.39, 0.29) is 19.6 Å². The number of hydrogen-bond donors (Lipinski definition) is 2. The molecule has 0 amide bonds. The highest BCUT2D eigenvalue weighted by molar-refractivity contribution is 7.44. The molecule has 1 unspecified atom stereocenters. The van der Waals surface area contributed by atoms with Crippen LogP contribution in [0.4, 0.5) is 13.2 Å². The molecular formula is C21H33F3N5O7P. The minimum atomic E-state index is -4.82. The van der Waals surface area contributed by atoms with Crippen LogP contribution < -0.4 is 17.0 Å². The van der Waals surface area contributed by atoms with Gasteiger partial charge in [-0.3, -0.25) is 19.1 Å². The first-order valence-electron chi connectivity index (χ1n) is 11.8. The number of aromatic amines is 1. The van der Waals surface area contributed by atoms with Gasteiger partial charge in [0, 0.05) is 25.4 Å². The fourth-order valence-corrected chi connectivity index (χ4v) is 5.23. The Bertz CT molecular complexity index is 967. The summed E-state index contributed by atoms with van der Waals surface area (Å²) < 4.78 is 67.2. The number of ether oxygens (including phenoxy) is 3. The summed E-state index contributed by atoms with van der Waals surface area (Å²) in [6, 6.07) is 2.21. The van der Waals surface area contributed by atoms with Gasteiger partial charge >= 0.3 is 12.1 Å². The third-order valence-electron chi connectivity index (χ3n) is 5.15. The molecule has 210 valence electrons. The van der Waals surface area contributed by atoms with Crippen LogP contribution in [0.1, 0.15) is 39.3 Å². The van der Waals surface area contributed by atoms with Gasteiger partial charge in [0.05, 0.1) is 45.0 Å². The van der Waals surface area contributed by atoms with E-state index in [1.807, 2.05) is 24.6 Å². The van der Waals surface area contributed by atoms with Gasteiger partial charge in [-0.1, -0.05) is 13.8 Å². The van der Waals surface area contributed by atoms with Crippen molar-refractivity contribution in [1.29, 1.82) is 5.26 Å². The molecule has 2 heterocycles. The zero-order valence-electron chi connectivity index (χ0n) is 20.7. The monoisotopic (exact) mass is 555 g/mol. The van der Waals surface area contributed by atoms with Crippen LogP contribution in [0.15, 0.2) is 21.9 Å². The fraction of sp³-hybridized carbons (Fsp3) is 0.762. The molecule has 1 saturated heterocycles. The summed E-state index contributed by atoms with van der Waals surface area (Å²) in [6.45, 7) is 4.25. The van der Waals surface area contributed by atoms with Gasteiger partial charge in [-0.2, -0.15) is 5.26 Å². The van der Waals surface area contributed by atoms with Crippen LogP contribution in [0.5, 0.6) is 0 Å². The third kappa shape index (κ3) is 10.1. The van der Waals surface area contributed by atoms with Gasteiger partial charge in [0.1, 0.15) is 12.2 Å².